The van der Waals surface area contributed by atoms with E-state index in [4.69, 9.17) is 30.1 Å². The number of aliphatic hydroxyl groups excluding tert-OH is 1. The maximum Gasteiger partial charge on any atom is 0.459 e. The van der Waals surface area contributed by atoms with E-state index in [1.165, 1.54) is 19.1 Å². The minimum Gasteiger partial charge on any atom is -0.461 e. The summed E-state index contributed by atoms with van der Waals surface area (Å²) in [7, 11) is -4.36. The smallest absolute Gasteiger partial charge is 0.459 e. The molecule has 0 spiro atoms. The van der Waals surface area contributed by atoms with Gasteiger partial charge >= 0.3 is 19.4 Å². The topological polar surface area (TPSA) is 158 Å². The summed E-state index contributed by atoms with van der Waals surface area (Å²) in [5.41, 5.74) is -1.75. The highest BCUT2D eigenvalue weighted by Crippen LogP contribution is 2.48. The van der Waals surface area contributed by atoms with Crippen molar-refractivity contribution >= 4 is 25.3 Å². The van der Waals surface area contributed by atoms with Gasteiger partial charge in [0.2, 0.25) is 0 Å². The van der Waals surface area contributed by atoms with E-state index in [0.29, 0.717) is 4.57 Å². The standard InChI is InChI=1S/C24H30ClFN3O9P/c1-15(21(32)36-16-8-4-2-5-9-16)28-39(34,38-17-10-6-3-7-11-17)35-14-18-20(31)24(25,26)22(37-18)29-13-12-19(30)27-23(29)33/h3,6-7,10-13,15-16,18,20,22,31H,2,4-5,8-9,14H2,1H3,(H,28,34)(H,27,30,33)/t15?,18-,20-,22-,24-,39?/m1/s1. The lowest BCUT2D eigenvalue weighted by atomic mass is 9.98. The number of hydrogen-bond donors (Lipinski definition) is 3. The number of H-pyrrole nitrogens is 1. The van der Waals surface area contributed by atoms with Crippen LogP contribution < -0.4 is 20.9 Å². The van der Waals surface area contributed by atoms with E-state index in [0.717, 1.165) is 44.4 Å². The van der Waals surface area contributed by atoms with Crippen molar-refractivity contribution in [2.24, 2.45) is 0 Å². The number of nitrogens with one attached hydrogen (secondary N) is 2. The van der Waals surface area contributed by atoms with Crippen LogP contribution in [0.3, 0.4) is 0 Å². The number of aliphatic hydroxyl groups is 1. The van der Waals surface area contributed by atoms with Crippen LogP contribution in [-0.4, -0.2) is 56.7 Å². The largest absolute Gasteiger partial charge is 0.461 e. The molecular weight excluding hydrogens is 560 g/mol. The number of carbonyl (C=O) groups is 1. The zero-order valence-corrected chi connectivity index (χ0v) is 22.7. The average molecular weight is 590 g/mol. The Morgan fingerprint density at radius 1 is 1.28 bits per heavy atom. The van der Waals surface area contributed by atoms with Crippen LogP contribution in [0.4, 0.5) is 4.39 Å². The predicted molar refractivity (Wildman–Crippen MR) is 137 cm³/mol. The molecule has 1 aliphatic heterocycles. The number of ether oxygens (including phenoxy) is 2. The highest BCUT2D eigenvalue weighted by molar-refractivity contribution is 7.52. The molecule has 0 bridgehead atoms. The van der Waals surface area contributed by atoms with Crippen LogP contribution in [-0.2, 0) is 23.4 Å². The Hall–Kier alpha value is -2.54. The van der Waals surface area contributed by atoms with E-state index in [1.54, 1.807) is 18.2 Å². The third-order valence-corrected chi connectivity index (χ3v) is 8.46. The number of aromatic amines is 1. The van der Waals surface area contributed by atoms with Crippen molar-refractivity contribution in [1.82, 2.24) is 14.6 Å². The Morgan fingerprint density at radius 2 is 1.97 bits per heavy atom. The number of halogens is 2. The molecule has 1 aromatic carbocycles. The molecule has 1 aromatic heterocycles. The Balaban J connectivity index is 1.48. The first-order valence-electron chi connectivity index (χ1n) is 12.5. The van der Waals surface area contributed by atoms with Gasteiger partial charge < -0.3 is 19.1 Å². The van der Waals surface area contributed by atoms with Crippen molar-refractivity contribution in [3.05, 3.63) is 63.4 Å². The summed E-state index contributed by atoms with van der Waals surface area (Å²) in [5, 5.41) is 10.0. The maximum absolute atomic E-state index is 15.3. The molecule has 2 fully saturated rings. The van der Waals surface area contributed by atoms with Crippen LogP contribution in [0.25, 0.3) is 0 Å². The summed E-state index contributed by atoms with van der Waals surface area (Å²) < 4.78 is 51.7. The number of alkyl halides is 2. The summed E-state index contributed by atoms with van der Waals surface area (Å²) in [5.74, 6) is -0.510. The third-order valence-electron chi connectivity index (χ3n) is 6.40. The lowest BCUT2D eigenvalue weighted by Crippen LogP contribution is -2.42. The van der Waals surface area contributed by atoms with Gasteiger partial charge in [-0.2, -0.15) is 5.09 Å². The van der Waals surface area contributed by atoms with Crippen LogP contribution in [0.5, 0.6) is 5.75 Å². The van der Waals surface area contributed by atoms with E-state index in [9.17, 15) is 24.1 Å². The van der Waals surface area contributed by atoms with Gasteiger partial charge in [0.25, 0.3) is 10.7 Å². The lowest BCUT2D eigenvalue weighted by Gasteiger charge is -2.27. The van der Waals surface area contributed by atoms with Gasteiger partial charge in [-0.05, 0) is 44.7 Å². The number of esters is 1. The van der Waals surface area contributed by atoms with E-state index in [1.807, 2.05) is 4.98 Å². The summed E-state index contributed by atoms with van der Waals surface area (Å²) in [4.78, 5) is 38.1. The second kappa shape index (κ2) is 12.3. The van der Waals surface area contributed by atoms with Gasteiger partial charge in [-0.15, -0.1) is 0 Å². The zero-order valence-electron chi connectivity index (χ0n) is 21.0. The first-order chi connectivity index (χ1) is 18.5. The van der Waals surface area contributed by atoms with Gasteiger partial charge in [0.05, 0.1) is 6.61 Å². The first-order valence-corrected chi connectivity index (χ1v) is 14.4. The molecule has 214 valence electrons. The Kier molecular flexibility index (Phi) is 9.30. The molecule has 2 aromatic rings. The van der Waals surface area contributed by atoms with Gasteiger partial charge in [0.1, 0.15) is 30.1 Å². The minimum absolute atomic E-state index is 0.143. The summed E-state index contributed by atoms with van der Waals surface area (Å²) in [6, 6.07) is 7.81. The van der Waals surface area contributed by atoms with Crippen LogP contribution in [0.2, 0.25) is 0 Å². The molecule has 39 heavy (non-hydrogen) atoms. The molecule has 3 N–H and O–H groups in total. The van der Waals surface area contributed by atoms with Gasteiger partial charge in [-0.1, -0.05) is 36.2 Å². The highest BCUT2D eigenvalue weighted by atomic mass is 35.5. The molecule has 12 nitrogen and oxygen atoms in total. The van der Waals surface area contributed by atoms with Crippen molar-refractivity contribution in [1.29, 1.82) is 0 Å². The Morgan fingerprint density at radius 3 is 2.64 bits per heavy atom. The van der Waals surface area contributed by atoms with Crippen LogP contribution >= 0.6 is 19.3 Å². The molecule has 15 heteroatoms. The number of hydrogen-bond acceptors (Lipinski definition) is 9. The zero-order chi connectivity index (χ0) is 28.2. The fourth-order valence-corrected chi connectivity index (χ4v) is 6.14. The molecule has 2 aliphatic rings. The van der Waals surface area contributed by atoms with Gasteiger partial charge in [-0.3, -0.25) is 23.7 Å². The van der Waals surface area contributed by atoms with E-state index >= 15 is 4.39 Å². The molecule has 1 saturated heterocycles. The fourth-order valence-electron chi connectivity index (χ4n) is 4.34. The molecule has 0 amide bonds. The van der Waals surface area contributed by atoms with Crippen molar-refractivity contribution < 1.29 is 37.4 Å². The van der Waals surface area contributed by atoms with Crippen molar-refractivity contribution in [3.63, 3.8) is 0 Å². The van der Waals surface area contributed by atoms with Crippen molar-refractivity contribution in [2.75, 3.05) is 6.61 Å². The highest BCUT2D eigenvalue weighted by Gasteiger charge is 2.58. The summed E-state index contributed by atoms with van der Waals surface area (Å²) in [6.45, 7) is 0.718. The van der Waals surface area contributed by atoms with Crippen LogP contribution in [0.15, 0.2) is 52.2 Å². The molecule has 4 rings (SSSR count). The third kappa shape index (κ3) is 7.16. The lowest BCUT2D eigenvalue weighted by molar-refractivity contribution is -0.152. The van der Waals surface area contributed by atoms with Gasteiger partial charge in [-0.25, -0.2) is 13.8 Å². The van der Waals surface area contributed by atoms with Crippen LogP contribution in [0, 0.1) is 0 Å². The SMILES string of the molecule is CC(NP(=O)(OC[C@H]1O[C@@H](n2ccc(=O)[nH]c2=O)[C@@](F)(Cl)[C@@H]1O)Oc1ccccc1)C(=O)OC1CCCCC1. The quantitative estimate of drug-likeness (QED) is 0.214. The van der Waals surface area contributed by atoms with E-state index in [-0.39, 0.29) is 11.9 Å². The summed E-state index contributed by atoms with van der Waals surface area (Å²) >= 11 is 5.90. The van der Waals surface area contributed by atoms with Gasteiger partial charge in [0.15, 0.2) is 6.23 Å². The Bertz CT molecular complexity index is 1300. The average Bonchev–Trinajstić information content (AvgIpc) is 3.12. The fraction of sp³-hybridized carbons (Fsp3) is 0.542. The molecule has 6 atom stereocenters. The minimum atomic E-state index is -4.36. The molecule has 1 aliphatic carbocycles. The second-order valence-corrected chi connectivity index (χ2v) is 11.7. The summed E-state index contributed by atoms with van der Waals surface area (Å²) in [6.07, 6.45) is -0.219. The molecular formula is C24H30ClFN3O9P. The van der Waals surface area contributed by atoms with Gasteiger partial charge in [0, 0.05) is 12.3 Å². The molecule has 1 saturated carbocycles. The number of rotatable bonds is 10. The number of para-hydroxylation sites is 1. The Labute approximate surface area is 228 Å². The first kappa shape index (κ1) is 29.4. The maximum atomic E-state index is 15.3. The monoisotopic (exact) mass is 589 g/mol. The second-order valence-electron chi connectivity index (χ2n) is 9.41. The number of aromatic nitrogens is 2. The molecule has 2 unspecified atom stereocenters. The number of benzene rings is 1. The normalized spacial score (nSPS) is 27.9. The molecule has 2 heterocycles. The molecule has 0 radical (unpaired) electrons. The van der Waals surface area contributed by atoms with Crippen molar-refractivity contribution in [3.8, 4) is 5.75 Å². The number of nitrogens with zero attached hydrogens (tertiary/aromatic N) is 1. The van der Waals surface area contributed by atoms with Crippen molar-refractivity contribution in [2.45, 2.75) is 74.7 Å². The number of carbonyl (C=O) groups excluding carboxylic acids is 1. The predicted octanol–water partition coefficient (Wildman–Crippen LogP) is 2.76. The van der Waals surface area contributed by atoms with E-state index in [2.05, 4.69) is 5.09 Å². The van der Waals surface area contributed by atoms with Crippen LogP contribution in [0.1, 0.15) is 45.3 Å². The van der Waals surface area contributed by atoms with E-state index < -0.39 is 61.2 Å².